The van der Waals surface area contributed by atoms with Crippen molar-refractivity contribution >= 4 is 40.3 Å². The highest BCUT2D eigenvalue weighted by atomic mass is 32.1. The molecule has 0 saturated heterocycles. The van der Waals surface area contributed by atoms with Crippen molar-refractivity contribution < 1.29 is 0 Å². The van der Waals surface area contributed by atoms with Gasteiger partial charge in [-0.05, 0) is 40.0 Å². The van der Waals surface area contributed by atoms with Crippen molar-refractivity contribution in [3.63, 3.8) is 0 Å². The Hall–Kier alpha value is -2.19. The molecule has 0 N–H and O–H groups in total. The van der Waals surface area contributed by atoms with Crippen molar-refractivity contribution in [2.24, 2.45) is 10.9 Å². The first-order valence-electron chi connectivity index (χ1n) is 7.23. The van der Waals surface area contributed by atoms with Gasteiger partial charge in [-0.25, -0.2) is 0 Å². The predicted octanol–water partition coefficient (Wildman–Crippen LogP) is 4.78. The molecule has 21 heavy (non-hydrogen) atoms. The maximum absolute atomic E-state index is 4.30. The summed E-state index contributed by atoms with van der Waals surface area (Å²) in [5.74, 6) is 0.542. The Morgan fingerprint density at radius 2 is 2.00 bits per heavy atom. The predicted molar refractivity (Wildman–Crippen MR) is 91.4 cm³/mol. The van der Waals surface area contributed by atoms with Gasteiger partial charge in [-0.2, -0.15) is 0 Å². The summed E-state index contributed by atoms with van der Waals surface area (Å²) in [6.45, 7) is 0.830. The summed E-state index contributed by atoms with van der Waals surface area (Å²) < 4.78 is 0. The normalized spacial score (nSPS) is 21.3. The monoisotopic (exact) mass is 287 g/mol. The zero-order valence-electron chi connectivity index (χ0n) is 11.4. The summed E-state index contributed by atoms with van der Waals surface area (Å²) in [6.07, 6.45) is 8.68. The van der Waals surface area contributed by atoms with E-state index in [1.54, 1.807) is 0 Å². The molecule has 0 fully saturated rings. The number of hydrogen-bond donors (Lipinski definition) is 0. The van der Waals surface area contributed by atoms with Crippen LogP contribution in [0.1, 0.15) is 20.9 Å². The Bertz CT molecular complexity index is 862. The number of benzene rings is 1. The lowest BCUT2D eigenvalue weighted by atomic mass is 10.0. The van der Waals surface area contributed by atoms with Crippen molar-refractivity contribution in [3.05, 3.63) is 69.4 Å². The molecule has 1 aliphatic heterocycles. The van der Waals surface area contributed by atoms with Crippen molar-refractivity contribution in [1.82, 2.24) is 0 Å². The minimum absolute atomic E-state index is 0.542. The Labute approximate surface area is 127 Å². The molecule has 1 aromatic carbocycles. The van der Waals surface area contributed by atoms with E-state index < -0.39 is 0 Å². The van der Waals surface area contributed by atoms with Crippen LogP contribution >= 0.6 is 11.3 Å². The van der Waals surface area contributed by atoms with Gasteiger partial charge in [0, 0.05) is 21.9 Å². The number of aliphatic imine (C=N–C) groups is 1. The summed E-state index contributed by atoms with van der Waals surface area (Å²) in [6, 6.07) is 13.1. The van der Waals surface area contributed by atoms with Crippen LogP contribution in [0.2, 0.25) is 0 Å². The lowest BCUT2D eigenvalue weighted by Crippen LogP contribution is -1.84. The fourth-order valence-electron chi connectivity index (χ4n) is 3.25. The average molecular weight is 287 g/mol. The lowest BCUT2D eigenvalue weighted by molar-refractivity contribution is 1.27. The minimum atomic E-state index is 0.542. The van der Waals surface area contributed by atoms with Crippen LogP contribution in [0.15, 0.2) is 53.5 Å². The molecule has 2 aromatic rings. The topological polar surface area (TPSA) is 12.4 Å². The third-order valence-corrected chi connectivity index (χ3v) is 5.61. The van der Waals surface area contributed by atoms with Gasteiger partial charge in [-0.1, -0.05) is 42.5 Å². The van der Waals surface area contributed by atoms with Gasteiger partial charge in [0.2, 0.25) is 0 Å². The van der Waals surface area contributed by atoms with Crippen LogP contribution in [0, 0.1) is 5.92 Å². The SMILES string of the molecule is C1=CC2C(c3ccccc3)=C2c2sc(C3=CC=NC3)cc21. The van der Waals surface area contributed by atoms with Crippen molar-refractivity contribution in [3.8, 4) is 0 Å². The fraction of sp³-hybridized carbons (Fsp3) is 0.105. The second kappa shape index (κ2) is 4.15. The molecule has 1 aromatic heterocycles. The Balaban J connectivity index is 1.61. The molecule has 0 bridgehead atoms. The molecule has 2 heteroatoms. The van der Waals surface area contributed by atoms with Gasteiger partial charge in [0.1, 0.15) is 0 Å². The molecule has 2 aliphatic carbocycles. The van der Waals surface area contributed by atoms with Crippen molar-refractivity contribution in [1.29, 1.82) is 0 Å². The summed E-state index contributed by atoms with van der Waals surface area (Å²) in [4.78, 5) is 7.13. The highest BCUT2D eigenvalue weighted by Crippen LogP contribution is 2.59. The van der Waals surface area contributed by atoms with Crippen LogP contribution in [-0.2, 0) is 0 Å². The molecule has 0 spiro atoms. The lowest BCUT2D eigenvalue weighted by Gasteiger charge is -2.00. The molecular weight excluding hydrogens is 274 g/mol. The first-order valence-corrected chi connectivity index (χ1v) is 8.05. The third-order valence-electron chi connectivity index (χ3n) is 4.35. The number of allylic oxidation sites excluding steroid dienone is 4. The highest BCUT2D eigenvalue weighted by molar-refractivity contribution is 7.14. The van der Waals surface area contributed by atoms with Crippen LogP contribution in [-0.4, -0.2) is 12.8 Å². The Morgan fingerprint density at radius 1 is 1.10 bits per heavy atom. The number of fused-ring (bicyclic) bond motifs is 3. The molecule has 5 rings (SSSR count). The van der Waals surface area contributed by atoms with Gasteiger partial charge in [0.05, 0.1) is 6.54 Å². The van der Waals surface area contributed by atoms with Gasteiger partial charge >= 0.3 is 0 Å². The van der Waals surface area contributed by atoms with Gasteiger partial charge in [-0.15, -0.1) is 11.3 Å². The first-order chi connectivity index (χ1) is 10.4. The van der Waals surface area contributed by atoms with E-state index in [0.717, 1.165) is 6.54 Å². The van der Waals surface area contributed by atoms with Crippen molar-refractivity contribution in [2.45, 2.75) is 0 Å². The van der Waals surface area contributed by atoms with E-state index in [2.05, 4.69) is 59.6 Å². The van der Waals surface area contributed by atoms with E-state index >= 15 is 0 Å². The molecule has 0 amide bonds. The van der Waals surface area contributed by atoms with Crippen LogP contribution in [0.5, 0.6) is 0 Å². The Morgan fingerprint density at radius 3 is 2.81 bits per heavy atom. The molecule has 100 valence electrons. The molecule has 1 unspecified atom stereocenters. The Kier molecular flexibility index (Phi) is 2.27. The van der Waals surface area contributed by atoms with Gasteiger partial charge in [0.15, 0.2) is 0 Å². The van der Waals surface area contributed by atoms with Crippen LogP contribution in [0.4, 0.5) is 0 Å². The summed E-state index contributed by atoms with van der Waals surface area (Å²) in [5, 5.41) is 0. The highest BCUT2D eigenvalue weighted by Gasteiger charge is 2.40. The number of nitrogens with zero attached hydrogens (tertiary/aromatic N) is 1. The molecule has 0 saturated carbocycles. The van der Waals surface area contributed by atoms with E-state index in [0.29, 0.717) is 5.92 Å². The van der Waals surface area contributed by atoms with Gasteiger partial charge in [0.25, 0.3) is 0 Å². The number of rotatable bonds is 2. The quantitative estimate of drug-likeness (QED) is 0.753. The van der Waals surface area contributed by atoms with Crippen LogP contribution in [0.3, 0.4) is 0 Å². The first kappa shape index (κ1) is 11.5. The smallest absolute Gasteiger partial charge is 0.0654 e. The molecule has 3 aliphatic rings. The van der Waals surface area contributed by atoms with E-state index in [1.807, 2.05) is 17.6 Å². The average Bonchev–Trinajstić information content (AvgIpc) is 2.93. The van der Waals surface area contributed by atoms with Gasteiger partial charge < -0.3 is 0 Å². The summed E-state index contributed by atoms with van der Waals surface area (Å²) >= 11 is 1.92. The van der Waals surface area contributed by atoms with Crippen molar-refractivity contribution in [2.75, 3.05) is 6.54 Å². The van der Waals surface area contributed by atoms with Gasteiger partial charge in [-0.3, -0.25) is 4.99 Å². The molecule has 2 heterocycles. The molecule has 1 atom stereocenters. The molecule has 0 radical (unpaired) electrons. The summed E-state index contributed by atoms with van der Waals surface area (Å²) in [7, 11) is 0. The molecule has 1 nitrogen and oxygen atoms in total. The van der Waals surface area contributed by atoms with E-state index in [9.17, 15) is 0 Å². The largest absolute Gasteiger partial charge is 0.288 e. The molecular formula is C19H13NS. The second-order valence-corrected chi connectivity index (χ2v) is 6.66. The third kappa shape index (κ3) is 1.66. The second-order valence-electron chi connectivity index (χ2n) is 5.61. The van der Waals surface area contributed by atoms with Crippen LogP contribution in [0.25, 0.3) is 22.8 Å². The standard InChI is InChI=1S/C19H13NS/c1-2-4-12(5-3-1)17-15-7-6-13-10-16(14-8-9-20-11-14)21-19(13)18(15)17/h1-10,15H,11H2. The van der Waals surface area contributed by atoms with E-state index in [1.165, 1.54) is 37.6 Å². The zero-order chi connectivity index (χ0) is 13.8. The number of hydrogen-bond acceptors (Lipinski definition) is 2. The summed E-state index contributed by atoms with van der Waals surface area (Å²) in [5.41, 5.74) is 7.14. The number of thiophene rings is 1. The van der Waals surface area contributed by atoms with Crippen LogP contribution < -0.4 is 0 Å². The maximum Gasteiger partial charge on any atom is 0.0654 e. The van der Waals surface area contributed by atoms with E-state index in [4.69, 9.17) is 0 Å². The minimum Gasteiger partial charge on any atom is -0.288 e. The fourth-order valence-corrected chi connectivity index (χ4v) is 4.51. The zero-order valence-corrected chi connectivity index (χ0v) is 12.2. The van der Waals surface area contributed by atoms with E-state index in [-0.39, 0.29) is 0 Å². The maximum atomic E-state index is 4.30.